The van der Waals surface area contributed by atoms with E-state index >= 15 is 0 Å². The van der Waals surface area contributed by atoms with Crippen LogP contribution in [0.15, 0.2) is 53.4 Å². The molecule has 0 aliphatic rings. The molecular weight excluding hydrogens is 284 g/mol. The Morgan fingerprint density at radius 3 is 2.24 bits per heavy atom. The van der Waals surface area contributed by atoms with Crippen molar-refractivity contribution in [3.63, 3.8) is 0 Å². The molecule has 112 valence electrons. The predicted octanol–water partition coefficient (Wildman–Crippen LogP) is 3.07. The van der Waals surface area contributed by atoms with Crippen LogP contribution in [0.2, 0.25) is 0 Å². The number of hydrogen-bond acceptors (Lipinski definition) is 3. The first-order valence-electron chi connectivity index (χ1n) is 6.85. The third-order valence-electron chi connectivity index (χ3n) is 3.31. The summed E-state index contributed by atoms with van der Waals surface area (Å²) in [6, 6.07) is 14.2. The molecule has 2 aromatic carbocycles. The second-order valence-corrected chi connectivity index (χ2v) is 6.84. The molecule has 0 amide bonds. The van der Waals surface area contributed by atoms with E-state index in [0.717, 1.165) is 0 Å². The van der Waals surface area contributed by atoms with Crippen molar-refractivity contribution < 1.29 is 8.42 Å². The van der Waals surface area contributed by atoms with Gasteiger partial charge in [-0.1, -0.05) is 44.2 Å². The highest BCUT2D eigenvalue weighted by molar-refractivity contribution is 7.92. The maximum atomic E-state index is 12.4. The molecule has 2 rings (SSSR count). The molecule has 0 unspecified atom stereocenters. The fourth-order valence-electron chi connectivity index (χ4n) is 2.08. The minimum atomic E-state index is -3.62. The van der Waals surface area contributed by atoms with Crippen molar-refractivity contribution >= 4 is 15.7 Å². The van der Waals surface area contributed by atoms with E-state index in [4.69, 9.17) is 5.73 Å². The van der Waals surface area contributed by atoms with Crippen molar-refractivity contribution in [2.45, 2.75) is 31.2 Å². The van der Waals surface area contributed by atoms with Crippen LogP contribution in [0.5, 0.6) is 0 Å². The largest absolute Gasteiger partial charge is 0.326 e. The molecule has 0 aliphatic carbocycles. The molecule has 0 fully saturated rings. The average Bonchev–Trinajstić information content (AvgIpc) is 2.47. The van der Waals surface area contributed by atoms with Gasteiger partial charge in [-0.05, 0) is 35.2 Å². The molecule has 21 heavy (non-hydrogen) atoms. The lowest BCUT2D eigenvalue weighted by molar-refractivity contribution is 0.600. The molecule has 0 heterocycles. The van der Waals surface area contributed by atoms with Crippen LogP contribution in [-0.2, 0) is 16.6 Å². The molecule has 3 N–H and O–H groups in total. The maximum Gasteiger partial charge on any atom is 0.262 e. The van der Waals surface area contributed by atoms with E-state index in [1.54, 1.807) is 36.4 Å². The fourth-order valence-corrected chi connectivity index (χ4v) is 3.39. The minimum Gasteiger partial charge on any atom is -0.326 e. The summed E-state index contributed by atoms with van der Waals surface area (Å²) in [5.74, 6) is 0.411. The number of benzene rings is 2. The van der Waals surface area contributed by atoms with Gasteiger partial charge in [0, 0.05) is 12.2 Å². The number of sulfonamides is 1. The molecule has 0 saturated heterocycles. The van der Waals surface area contributed by atoms with E-state index in [1.165, 1.54) is 5.56 Å². The van der Waals surface area contributed by atoms with Gasteiger partial charge in [-0.2, -0.15) is 0 Å². The molecular formula is C16H20N2O2S. The molecule has 0 bridgehead atoms. The smallest absolute Gasteiger partial charge is 0.262 e. The van der Waals surface area contributed by atoms with Crippen molar-refractivity contribution in [1.82, 2.24) is 0 Å². The number of rotatable bonds is 5. The van der Waals surface area contributed by atoms with Gasteiger partial charge in [0.25, 0.3) is 10.0 Å². The molecule has 2 aromatic rings. The minimum absolute atomic E-state index is 0.184. The zero-order chi connectivity index (χ0) is 15.5. The standard InChI is InChI=1S/C16H20N2O2S/c1-12(2)13-7-9-15(10-8-13)18-21(19,20)16-6-4-3-5-14(16)11-17/h3-10,12,18H,11,17H2,1-2H3. The summed E-state index contributed by atoms with van der Waals surface area (Å²) in [5, 5.41) is 0. The van der Waals surface area contributed by atoms with Gasteiger partial charge >= 0.3 is 0 Å². The lowest BCUT2D eigenvalue weighted by Gasteiger charge is -2.12. The summed E-state index contributed by atoms with van der Waals surface area (Å²) in [5.41, 5.74) is 7.92. The Hall–Kier alpha value is -1.85. The van der Waals surface area contributed by atoms with Crippen LogP contribution in [0, 0.1) is 0 Å². The van der Waals surface area contributed by atoms with Gasteiger partial charge in [0.05, 0.1) is 4.90 Å². The highest BCUT2D eigenvalue weighted by atomic mass is 32.2. The van der Waals surface area contributed by atoms with Gasteiger partial charge < -0.3 is 5.73 Å². The fraction of sp³-hybridized carbons (Fsp3) is 0.250. The van der Waals surface area contributed by atoms with E-state index in [9.17, 15) is 8.42 Å². The lowest BCUT2D eigenvalue weighted by Crippen LogP contribution is -2.16. The highest BCUT2D eigenvalue weighted by Crippen LogP contribution is 2.21. The van der Waals surface area contributed by atoms with E-state index in [0.29, 0.717) is 17.2 Å². The van der Waals surface area contributed by atoms with Crippen LogP contribution < -0.4 is 10.5 Å². The quantitative estimate of drug-likeness (QED) is 0.891. The SMILES string of the molecule is CC(C)c1ccc(NS(=O)(=O)c2ccccc2CN)cc1. The summed E-state index contributed by atoms with van der Waals surface area (Å²) in [6.07, 6.45) is 0. The van der Waals surface area contributed by atoms with E-state index < -0.39 is 10.0 Å². The molecule has 0 saturated carbocycles. The zero-order valence-corrected chi connectivity index (χ0v) is 13.0. The Labute approximate surface area is 126 Å². The molecule has 0 aromatic heterocycles. The number of anilines is 1. The molecule has 5 heteroatoms. The monoisotopic (exact) mass is 304 g/mol. The van der Waals surface area contributed by atoms with Crippen LogP contribution in [0.1, 0.15) is 30.9 Å². The second-order valence-electron chi connectivity index (χ2n) is 5.19. The summed E-state index contributed by atoms with van der Waals surface area (Å²) in [7, 11) is -3.62. The van der Waals surface area contributed by atoms with Crippen molar-refractivity contribution in [3.8, 4) is 0 Å². The normalized spacial score (nSPS) is 11.6. The third-order valence-corrected chi connectivity index (χ3v) is 4.79. The van der Waals surface area contributed by atoms with Gasteiger partial charge in [-0.15, -0.1) is 0 Å². The topological polar surface area (TPSA) is 72.2 Å². The van der Waals surface area contributed by atoms with Gasteiger partial charge in [0.2, 0.25) is 0 Å². The van der Waals surface area contributed by atoms with Crippen LogP contribution >= 0.6 is 0 Å². The molecule has 0 aliphatic heterocycles. The Balaban J connectivity index is 2.29. The molecule has 0 radical (unpaired) electrons. The molecule has 4 nitrogen and oxygen atoms in total. The van der Waals surface area contributed by atoms with Crippen molar-refractivity contribution in [2.24, 2.45) is 5.73 Å². The first-order chi connectivity index (χ1) is 9.94. The van der Waals surface area contributed by atoms with Crippen molar-refractivity contribution in [3.05, 3.63) is 59.7 Å². The number of hydrogen-bond donors (Lipinski definition) is 2. The van der Waals surface area contributed by atoms with Crippen LogP contribution in [0.3, 0.4) is 0 Å². The first kappa shape index (κ1) is 15.5. The van der Waals surface area contributed by atoms with Crippen molar-refractivity contribution in [2.75, 3.05) is 4.72 Å². The first-order valence-corrected chi connectivity index (χ1v) is 8.33. The van der Waals surface area contributed by atoms with Gasteiger partial charge in [0.1, 0.15) is 0 Å². The predicted molar refractivity (Wildman–Crippen MR) is 85.7 cm³/mol. The van der Waals surface area contributed by atoms with Crippen LogP contribution in [0.25, 0.3) is 0 Å². The van der Waals surface area contributed by atoms with E-state index in [1.807, 2.05) is 12.1 Å². The van der Waals surface area contributed by atoms with Gasteiger partial charge in [-0.25, -0.2) is 8.42 Å². The number of nitrogens with one attached hydrogen (secondary N) is 1. The average molecular weight is 304 g/mol. The summed E-state index contributed by atoms with van der Waals surface area (Å²) < 4.78 is 27.5. The lowest BCUT2D eigenvalue weighted by atomic mass is 10.0. The van der Waals surface area contributed by atoms with Gasteiger partial charge in [0.15, 0.2) is 0 Å². The summed E-state index contributed by atoms with van der Waals surface area (Å²) >= 11 is 0. The van der Waals surface area contributed by atoms with E-state index in [-0.39, 0.29) is 11.4 Å². The Morgan fingerprint density at radius 2 is 1.67 bits per heavy atom. The maximum absolute atomic E-state index is 12.4. The third kappa shape index (κ3) is 3.62. The Morgan fingerprint density at radius 1 is 1.05 bits per heavy atom. The highest BCUT2D eigenvalue weighted by Gasteiger charge is 2.17. The Kier molecular flexibility index (Phi) is 4.65. The second kappa shape index (κ2) is 6.28. The van der Waals surface area contributed by atoms with Crippen molar-refractivity contribution in [1.29, 1.82) is 0 Å². The number of nitrogens with two attached hydrogens (primary N) is 1. The van der Waals surface area contributed by atoms with Gasteiger partial charge in [-0.3, -0.25) is 4.72 Å². The molecule has 0 spiro atoms. The molecule has 0 atom stereocenters. The summed E-state index contributed by atoms with van der Waals surface area (Å²) in [6.45, 7) is 4.37. The van der Waals surface area contributed by atoms with Crippen LogP contribution in [-0.4, -0.2) is 8.42 Å². The zero-order valence-electron chi connectivity index (χ0n) is 12.2. The van der Waals surface area contributed by atoms with Crippen LogP contribution in [0.4, 0.5) is 5.69 Å². The van der Waals surface area contributed by atoms with E-state index in [2.05, 4.69) is 18.6 Å². The Bertz CT molecular complexity index is 707. The summed E-state index contributed by atoms with van der Waals surface area (Å²) in [4.78, 5) is 0.223.